The molecule has 1 atom stereocenters. The van der Waals surface area contributed by atoms with Crippen molar-refractivity contribution in [1.29, 1.82) is 0 Å². The van der Waals surface area contributed by atoms with Gasteiger partial charge in [0.15, 0.2) is 11.5 Å². The van der Waals surface area contributed by atoms with Crippen LogP contribution in [-0.2, 0) is 10.3 Å². The van der Waals surface area contributed by atoms with Crippen molar-refractivity contribution in [3.63, 3.8) is 0 Å². The van der Waals surface area contributed by atoms with E-state index in [9.17, 15) is 13.6 Å². The molecule has 2 aromatic rings. The van der Waals surface area contributed by atoms with Crippen LogP contribution in [0.4, 0.5) is 14.5 Å². The third-order valence-corrected chi connectivity index (χ3v) is 3.80. The summed E-state index contributed by atoms with van der Waals surface area (Å²) in [7, 11) is 0. The molecule has 1 aliphatic rings. The Labute approximate surface area is 142 Å². The SMILES string of the molecule is C[C@@]1(c2cc(NC(=O)c3ncccc3F)ccc2F)COCC(N)=N1. The molecule has 6 nitrogen and oxygen atoms in total. The van der Waals surface area contributed by atoms with Gasteiger partial charge in [0.25, 0.3) is 5.91 Å². The van der Waals surface area contributed by atoms with E-state index in [2.05, 4.69) is 15.3 Å². The van der Waals surface area contributed by atoms with E-state index in [1.807, 2.05) is 0 Å². The number of nitrogens with two attached hydrogens (primary N) is 1. The second kappa shape index (κ2) is 6.56. The number of rotatable bonds is 3. The third-order valence-electron chi connectivity index (χ3n) is 3.80. The minimum absolute atomic E-state index is 0.150. The van der Waals surface area contributed by atoms with Gasteiger partial charge in [-0.15, -0.1) is 0 Å². The number of ether oxygens (including phenoxy) is 1. The minimum atomic E-state index is -1.01. The quantitative estimate of drug-likeness (QED) is 0.892. The Kier molecular flexibility index (Phi) is 4.45. The number of carbonyl (C=O) groups is 1. The topological polar surface area (TPSA) is 89.6 Å². The van der Waals surface area contributed by atoms with E-state index in [0.717, 1.165) is 6.07 Å². The van der Waals surface area contributed by atoms with E-state index in [4.69, 9.17) is 10.5 Å². The molecule has 1 aliphatic heterocycles. The van der Waals surface area contributed by atoms with Gasteiger partial charge in [0.2, 0.25) is 0 Å². The number of hydrogen-bond acceptors (Lipinski definition) is 5. The number of nitrogens with one attached hydrogen (secondary N) is 1. The molecule has 0 radical (unpaired) electrons. The Morgan fingerprint density at radius 3 is 2.84 bits per heavy atom. The number of aliphatic imine (C=N–C) groups is 1. The van der Waals surface area contributed by atoms with Crippen LogP contribution in [0.5, 0.6) is 0 Å². The van der Waals surface area contributed by atoms with Gasteiger partial charge in [0.1, 0.15) is 23.8 Å². The minimum Gasteiger partial charge on any atom is -0.386 e. The number of pyridine rings is 1. The smallest absolute Gasteiger partial charge is 0.277 e. The molecule has 1 aromatic heterocycles. The maximum atomic E-state index is 14.3. The average Bonchev–Trinajstić information content (AvgIpc) is 2.56. The molecule has 0 bridgehead atoms. The first kappa shape index (κ1) is 17.0. The van der Waals surface area contributed by atoms with Gasteiger partial charge in [-0.3, -0.25) is 9.79 Å². The Bertz CT molecular complexity index is 856. The van der Waals surface area contributed by atoms with Gasteiger partial charge in [0, 0.05) is 17.4 Å². The van der Waals surface area contributed by atoms with Crippen LogP contribution in [0.2, 0.25) is 0 Å². The summed E-state index contributed by atoms with van der Waals surface area (Å²) in [5.74, 6) is -1.72. The lowest BCUT2D eigenvalue weighted by Crippen LogP contribution is -2.38. The summed E-state index contributed by atoms with van der Waals surface area (Å²) in [6.07, 6.45) is 1.31. The molecule has 3 N–H and O–H groups in total. The molecule has 0 aliphatic carbocycles. The Morgan fingerprint density at radius 2 is 2.12 bits per heavy atom. The normalized spacial score (nSPS) is 20.0. The maximum Gasteiger partial charge on any atom is 0.277 e. The molecular weight excluding hydrogens is 330 g/mol. The first-order valence-corrected chi connectivity index (χ1v) is 7.53. The van der Waals surface area contributed by atoms with Crippen molar-refractivity contribution in [1.82, 2.24) is 4.98 Å². The molecule has 1 aromatic carbocycles. The molecule has 0 unspecified atom stereocenters. The molecule has 2 heterocycles. The standard InChI is InChI=1S/C17H16F2N4O2/c1-17(9-25-8-14(20)23-17)11-7-10(4-5-12(11)18)22-16(24)15-13(19)3-2-6-21-15/h2-7H,8-9H2,1H3,(H2,20,23)(H,22,24)/t17-/m0/s1. The van der Waals surface area contributed by atoms with Gasteiger partial charge in [-0.25, -0.2) is 13.8 Å². The zero-order valence-electron chi connectivity index (χ0n) is 13.4. The van der Waals surface area contributed by atoms with Crippen molar-refractivity contribution in [3.8, 4) is 0 Å². The second-order valence-corrected chi connectivity index (χ2v) is 5.85. The van der Waals surface area contributed by atoms with Gasteiger partial charge < -0.3 is 15.8 Å². The lowest BCUT2D eigenvalue weighted by Gasteiger charge is -2.30. The first-order chi connectivity index (χ1) is 11.9. The van der Waals surface area contributed by atoms with Crippen LogP contribution < -0.4 is 11.1 Å². The molecule has 8 heteroatoms. The molecule has 1 amide bonds. The van der Waals surface area contributed by atoms with Gasteiger partial charge >= 0.3 is 0 Å². The fourth-order valence-electron chi connectivity index (χ4n) is 2.63. The highest BCUT2D eigenvalue weighted by Crippen LogP contribution is 2.32. The number of nitrogens with zero attached hydrogens (tertiary/aromatic N) is 2. The lowest BCUT2D eigenvalue weighted by molar-refractivity contribution is 0.101. The van der Waals surface area contributed by atoms with E-state index >= 15 is 0 Å². The molecular formula is C17H16F2N4O2. The molecule has 0 saturated carbocycles. The van der Waals surface area contributed by atoms with Crippen LogP contribution in [0.1, 0.15) is 23.0 Å². The first-order valence-electron chi connectivity index (χ1n) is 7.53. The van der Waals surface area contributed by atoms with E-state index < -0.39 is 23.1 Å². The number of aromatic nitrogens is 1. The van der Waals surface area contributed by atoms with Gasteiger partial charge in [-0.1, -0.05) is 0 Å². The molecule has 25 heavy (non-hydrogen) atoms. The van der Waals surface area contributed by atoms with E-state index in [1.54, 1.807) is 6.92 Å². The van der Waals surface area contributed by atoms with E-state index in [-0.39, 0.29) is 36.0 Å². The van der Waals surface area contributed by atoms with Crippen molar-refractivity contribution >= 4 is 17.4 Å². The van der Waals surface area contributed by atoms with Crippen LogP contribution in [0.15, 0.2) is 41.5 Å². The summed E-state index contributed by atoms with van der Waals surface area (Å²) in [5.41, 5.74) is 4.84. The maximum absolute atomic E-state index is 14.3. The molecule has 3 rings (SSSR count). The van der Waals surface area contributed by atoms with Crippen molar-refractivity contribution in [2.45, 2.75) is 12.5 Å². The highest BCUT2D eigenvalue weighted by atomic mass is 19.1. The predicted octanol–water partition coefficient (Wildman–Crippen LogP) is 2.21. The lowest BCUT2D eigenvalue weighted by atomic mass is 9.92. The summed E-state index contributed by atoms with van der Waals surface area (Å²) in [6, 6.07) is 6.52. The van der Waals surface area contributed by atoms with Crippen molar-refractivity contribution in [2.75, 3.05) is 18.5 Å². The number of amidine groups is 1. The van der Waals surface area contributed by atoms with Crippen LogP contribution in [-0.4, -0.2) is 29.9 Å². The van der Waals surface area contributed by atoms with Crippen molar-refractivity contribution in [3.05, 3.63) is 59.4 Å². The predicted molar refractivity (Wildman–Crippen MR) is 88.3 cm³/mol. The average molecular weight is 346 g/mol. The third kappa shape index (κ3) is 3.48. The van der Waals surface area contributed by atoms with E-state index in [0.29, 0.717) is 0 Å². The summed E-state index contributed by atoms with van der Waals surface area (Å²) in [5, 5.41) is 2.51. The number of hydrogen-bond donors (Lipinski definition) is 2. The summed E-state index contributed by atoms with van der Waals surface area (Å²) >= 11 is 0. The number of benzene rings is 1. The molecule has 0 spiro atoms. The highest BCUT2D eigenvalue weighted by molar-refractivity contribution is 6.03. The molecule has 0 saturated heterocycles. The van der Waals surface area contributed by atoms with Crippen LogP contribution in [0.25, 0.3) is 0 Å². The van der Waals surface area contributed by atoms with Gasteiger partial charge in [0.05, 0.1) is 6.61 Å². The largest absolute Gasteiger partial charge is 0.386 e. The van der Waals surface area contributed by atoms with Gasteiger partial charge in [-0.2, -0.15) is 0 Å². The number of carbonyl (C=O) groups excluding carboxylic acids is 1. The second-order valence-electron chi connectivity index (χ2n) is 5.85. The fourth-order valence-corrected chi connectivity index (χ4v) is 2.63. The molecule has 130 valence electrons. The number of amides is 1. The van der Waals surface area contributed by atoms with Crippen LogP contribution in [0, 0.1) is 11.6 Å². The fraction of sp³-hybridized carbons (Fsp3) is 0.235. The summed E-state index contributed by atoms with van der Waals surface area (Å²) < 4.78 is 33.3. The number of halogens is 2. The van der Waals surface area contributed by atoms with Crippen LogP contribution >= 0.6 is 0 Å². The summed E-state index contributed by atoms with van der Waals surface area (Å²) in [6.45, 7) is 2.02. The number of anilines is 1. The van der Waals surface area contributed by atoms with Crippen molar-refractivity contribution < 1.29 is 18.3 Å². The Morgan fingerprint density at radius 1 is 1.32 bits per heavy atom. The van der Waals surface area contributed by atoms with Crippen LogP contribution in [0.3, 0.4) is 0 Å². The Balaban J connectivity index is 1.91. The monoisotopic (exact) mass is 346 g/mol. The zero-order valence-corrected chi connectivity index (χ0v) is 13.4. The summed E-state index contributed by atoms with van der Waals surface area (Å²) in [4.78, 5) is 20.2. The van der Waals surface area contributed by atoms with Crippen molar-refractivity contribution in [2.24, 2.45) is 10.7 Å². The Hall–Kier alpha value is -2.87. The van der Waals surface area contributed by atoms with Gasteiger partial charge in [-0.05, 0) is 37.3 Å². The zero-order chi connectivity index (χ0) is 18.0. The van der Waals surface area contributed by atoms with E-state index in [1.165, 1.54) is 30.5 Å². The molecule has 0 fully saturated rings. The highest BCUT2D eigenvalue weighted by Gasteiger charge is 2.33.